The highest BCUT2D eigenvalue weighted by molar-refractivity contribution is 5.79. The van der Waals surface area contributed by atoms with Gasteiger partial charge in [0.25, 0.3) is 0 Å². The van der Waals surface area contributed by atoms with Gasteiger partial charge in [-0.3, -0.25) is 4.90 Å². The first-order valence-corrected chi connectivity index (χ1v) is 10.7. The average molecular weight is 396 g/mol. The molecule has 156 valence electrons. The third-order valence-corrected chi connectivity index (χ3v) is 4.94. The van der Waals surface area contributed by atoms with Gasteiger partial charge in [-0.2, -0.15) is 0 Å². The highest BCUT2D eigenvalue weighted by Gasteiger charge is 2.11. The molecule has 1 saturated heterocycles. The van der Waals surface area contributed by atoms with E-state index in [0.29, 0.717) is 19.0 Å². The Bertz CT molecular complexity index is 769. The number of nitrogens with zero attached hydrogens (tertiary/aromatic N) is 3. The molecular formula is C23H33N5O. The Labute approximate surface area is 174 Å². The van der Waals surface area contributed by atoms with Crippen LogP contribution in [-0.2, 0) is 19.6 Å². The number of guanidine groups is 1. The number of hydrogen-bond donors (Lipinski definition) is 2. The number of benzene rings is 1. The van der Waals surface area contributed by atoms with Crippen LogP contribution in [0.25, 0.3) is 0 Å². The Morgan fingerprint density at radius 2 is 1.79 bits per heavy atom. The van der Waals surface area contributed by atoms with Crippen LogP contribution in [0.4, 0.5) is 0 Å². The van der Waals surface area contributed by atoms with E-state index in [1.165, 1.54) is 37.1 Å². The van der Waals surface area contributed by atoms with Gasteiger partial charge in [-0.15, -0.1) is 0 Å². The number of pyridine rings is 1. The first-order valence-electron chi connectivity index (χ1n) is 10.7. The zero-order valence-corrected chi connectivity index (χ0v) is 17.7. The lowest BCUT2D eigenvalue weighted by molar-refractivity contribution is 0.326. The maximum atomic E-state index is 5.46. The van der Waals surface area contributed by atoms with E-state index >= 15 is 0 Å². The van der Waals surface area contributed by atoms with Gasteiger partial charge in [0.1, 0.15) is 0 Å². The number of aromatic nitrogens is 1. The molecule has 2 aromatic rings. The second-order valence-corrected chi connectivity index (χ2v) is 7.28. The molecule has 2 heterocycles. The summed E-state index contributed by atoms with van der Waals surface area (Å²) in [6.45, 7) is 10.3. The van der Waals surface area contributed by atoms with Gasteiger partial charge in [-0.25, -0.2) is 9.98 Å². The molecule has 1 aromatic heterocycles. The number of ether oxygens (including phenoxy) is 1. The summed E-state index contributed by atoms with van der Waals surface area (Å²) in [5.41, 5.74) is 3.72. The van der Waals surface area contributed by atoms with Gasteiger partial charge >= 0.3 is 0 Å². The van der Waals surface area contributed by atoms with E-state index in [0.717, 1.165) is 31.2 Å². The van der Waals surface area contributed by atoms with Gasteiger partial charge in [0.2, 0.25) is 5.88 Å². The highest BCUT2D eigenvalue weighted by Crippen LogP contribution is 2.13. The van der Waals surface area contributed by atoms with Crippen LogP contribution in [0.2, 0.25) is 0 Å². The third kappa shape index (κ3) is 7.06. The Morgan fingerprint density at radius 3 is 2.52 bits per heavy atom. The number of likely N-dealkylation sites (tertiary alicyclic amines) is 1. The van der Waals surface area contributed by atoms with E-state index in [-0.39, 0.29) is 0 Å². The van der Waals surface area contributed by atoms with Crippen LogP contribution in [0.5, 0.6) is 5.88 Å². The fraction of sp³-hybridized carbons (Fsp3) is 0.478. The van der Waals surface area contributed by atoms with E-state index in [9.17, 15) is 0 Å². The first kappa shape index (κ1) is 21.1. The van der Waals surface area contributed by atoms with Crippen molar-refractivity contribution in [2.75, 3.05) is 26.2 Å². The molecule has 0 saturated carbocycles. The van der Waals surface area contributed by atoms with Crippen LogP contribution in [-0.4, -0.2) is 42.1 Å². The maximum Gasteiger partial charge on any atom is 0.213 e. The van der Waals surface area contributed by atoms with Crippen molar-refractivity contribution in [3.8, 4) is 5.88 Å². The Morgan fingerprint density at radius 1 is 1.03 bits per heavy atom. The van der Waals surface area contributed by atoms with Crippen LogP contribution < -0.4 is 15.4 Å². The van der Waals surface area contributed by atoms with Gasteiger partial charge in [0.05, 0.1) is 13.2 Å². The molecule has 29 heavy (non-hydrogen) atoms. The number of aliphatic imine (C=N–C) groups is 1. The first-order chi connectivity index (χ1) is 14.3. The van der Waals surface area contributed by atoms with Gasteiger partial charge in [0.15, 0.2) is 5.96 Å². The summed E-state index contributed by atoms with van der Waals surface area (Å²) < 4.78 is 5.46. The molecular weight excluding hydrogens is 362 g/mol. The lowest BCUT2D eigenvalue weighted by Crippen LogP contribution is -2.36. The molecule has 1 aromatic carbocycles. The molecule has 1 fully saturated rings. The van der Waals surface area contributed by atoms with E-state index < -0.39 is 0 Å². The minimum Gasteiger partial charge on any atom is -0.478 e. The average Bonchev–Trinajstić information content (AvgIpc) is 3.25. The summed E-state index contributed by atoms with van der Waals surface area (Å²) in [6, 6.07) is 12.8. The van der Waals surface area contributed by atoms with Crippen LogP contribution >= 0.6 is 0 Å². The molecule has 6 heteroatoms. The molecule has 3 rings (SSSR count). The van der Waals surface area contributed by atoms with Crippen molar-refractivity contribution in [1.82, 2.24) is 20.5 Å². The molecule has 6 nitrogen and oxygen atoms in total. The van der Waals surface area contributed by atoms with E-state index in [4.69, 9.17) is 9.73 Å². The fourth-order valence-corrected chi connectivity index (χ4v) is 3.43. The van der Waals surface area contributed by atoms with Gasteiger partial charge < -0.3 is 15.4 Å². The molecule has 0 unspecified atom stereocenters. The van der Waals surface area contributed by atoms with E-state index in [2.05, 4.69) is 51.7 Å². The second-order valence-electron chi connectivity index (χ2n) is 7.28. The van der Waals surface area contributed by atoms with Crippen molar-refractivity contribution in [3.63, 3.8) is 0 Å². The number of hydrogen-bond acceptors (Lipinski definition) is 4. The maximum absolute atomic E-state index is 5.46. The molecule has 1 aliphatic rings. The quantitative estimate of drug-likeness (QED) is 0.504. The SMILES string of the molecule is CCNC(=NCc1ccnc(OCC)c1)NCc1ccc(CN2CCCC2)cc1. The summed E-state index contributed by atoms with van der Waals surface area (Å²) in [7, 11) is 0. The summed E-state index contributed by atoms with van der Waals surface area (Å²) >= 11 is 0. The largest absolute Gasteiger partial charge is 0.478 e. The second kappa shape index (κ2) is 11.4. The summed E-state index contributed by atoms with van der Waals surface area (Å²) in [5.74, 6) is 1.45. The molecule has 0 bridgehead atoms. The van der Waals surface area contributed by atoms with Crippen LogP contribution in [0.3, 0.4) is 0 Å². The van der Waals surface area contributed by atoms with E-state index in [1.807, 2.05) is 19.1 Å². The standard InChI is InChI=1S/C23H33N5O/c1-3-24-23(27-17-21-11-12-25-22(15-21)29-4-2)26-16-19-7-9-20(10-8-19)18-28-13-5-6-14-28/h7-12,15H,3-6,13-14,16-18H2,1-2H3,(H2,24,26,27). The molecule has 2 N–H and O–H groups in total. The van der Waals surface area contributed by atoms with E-state index in [1.54, 1.807) is 6.20 Å². The Balaban J connectivity index is 1.53. The molecule has 0 aliphatic carbocycles. The monoisotopic (exact) mass is 395 g/mol. The van der Waals surface area contributed by atoms with Crippen molar-refractivity contribution in [2.45, 2.75) is 46.3 Å². The lowest BCUT2D eigenvalue weighted by Gasteiger charge is -2.15. The van der Waals surface area contributed by atoms with Crippen LogP contribution in [0.1, 0.15) is 43.4 Å². The van der Waals surface area contributed by atoms with Gasteiger partial charge in [0, 0.05) is 31.9 Å². The zero-order chi connectivity index (χ0) is 20.3. The Hall–Kier alpha value is -2.60. The molecule has 0 amide bonds. The van der Waals surface area contributed by atoms with Gasteiger partial charge in [-0.1, -0.05) is 24.3 Å². The predicted molar refractivity (Wildman–Crippen MR) is 118 cm³/mol. The third-order valence-electron chi connectivity index (χ3n) is 4.94. The van der Waals surface area contributed by atoms with Crippen molar-refractivity contribution < 1.29 is 4.74 Å². The summed E-state index contributed by atoms with van der Waals surface area (Å²) in [5, 5.41) is 6.73. The molecule has 0 radical (unpaired) electrons. The molecule has 1 aliphatic heterocycles. The minimum atomic E-state index is 0.576. The molecule has 0 spiro atoms. The fourth-order valence-electron chi connectivity index (χ4n) is 3.43. The normalized spacial score (nSPS) is 14.8. The van der Waals surface area contributed by atoms with Crippen molar-refractivity contribution in [1.29, 1.82) is 0 Å². The van der Waals surface area contributed by atoms with Crippen LogP contribution in [0, 0.1) is 0 Å². The van der Waals surface area contributed by atoms with Crippen molar-refractivity contribution in [3.05, 3.63) is 59.3 Å². The van der Waals surface area contributed by atoms with Crippen molar-refractivity contribution in [2.24, 2.45) is 4.99 Å². The number of rotatable bonds is 9. The zero-order valence-electron chi connectivity index (χ0n) is 17.7. The minimum absolute atomic E-state index is 0.576. The summed E-state index contributed by atoms with van der Waals surface area (Å²) in [6.07, 6.45) is 4.43. The van der Waals surface area contributed by atoms with Gasteiger partial charge in [-0.05, 0) is 62.5 Å². The smallest absolute Gasteiger partial charge is 0.213 e. The Kier molecular flexibility index (Phi) is 8.31. The molecule has 0 atom stereocenters. The summed E-state index contributed by atoms with van der Waals surface area (Å²) in [4.78, 5) is 11.4. The highest BCUT2D eigenvalue weighted by atomic mass is 16.5. The predicted octanol–water partition coefficient (Wildman–Crippen LogP) is 3.33. The number of nitrogens with one attached hydrogen (secondary N) is 2. The lowest BCUT2D eigenvalue weighted by atomic mass is 10.1. The topological polar surface area (TPSA) is 61.8 Å². The van der Waals surface area contributed by atoms with Crippen molar-refractivity contribution >= 4 is 5.96 Å². The van der Waals surface area contributed by atoms with Crippen LogP contribution in [0.15, 0.2) is 47.6 Å².